The van der Waals surface area contributed by atoms with Gasteiger partial charge in [-0.3, -0.25) is 23.9 Å². The normalized spacial score (nSPS) is 12.5. The van der Waals surface area contributed by atoms with E-state index in [0.717, 1.165) is 22.9 Å². The third-order valence-corrected chi connectivity index (χ3v) is 4.39. The summed E-state index contributed by atoms with van der Waals surface area (Å²) >= 11 is 0. The van der Waals surface area contributed by atoms with Crippen LogP contribution in [0.3, 0.4) is 0 Å². The first-order chi connectivity index (χ1) is 14.5. The fourth-order valence-corrected chi connectivity index (χ4v) is 2.81. The van der Waals surface area contributed by atoms with Crippen LogP contribution in [-0.2, 0) is 17.5 Å². The van der Waals surface area contributed by atoms with E-state index in [1.165, 1.54) is 25.3 Å². The van der Waals surface area contributed by atoms with Crippen molar-refractivity contribution in [2.75, 3.05) is 0 Å². The minimum Gasteiger partial charge on any atom is -0.506 e. The predicted molar refractivity (Wildman–Crippen MR) is 101 cm³/mol. The molecule has 0 radical (unpaired) electrons. The van der Waals surface area contributed by atoms with Gasteiger partial charge >= 0.3 is 12.1 Å². The molecule has 0 spiro atoms. The van der Waals surface area contributed by atoms with Crippen LogP contribution in [0.2, 0.25) is 0 Å². The molecule has 0 aliphatic rings. The minimum absolute atomic E-state index is 0.0206. The van der Waals surface area contributed by atoms with Crippen LogP contribution in [0.4, 0.5) is 13.2 Å². The highest BCUT2D eigenvalue weighted by Crippen LogP contribution is 2.28. The number of aromatic nitrogens is 3. The number of hydrogen-bond donors (Lipinski definition) is 3. The molecular formula is C19H15F3N4O5. The number of aliphatic carboxylic acids is 1. The van der Waals surface area contributed by atoms with Crippen molar-refractivity contribution in [3.8, 4) is 5.75 Å². The van der Waals surface area contributed by atoms with Gasteiger partial charge in [-0.15, -0.1) is 0 Å². The molecule has 12 heteroatoms. The van der Waals surface area contributed by atoms with E-state index in [1.54, 1.807) is 0 Å². The summed E-state index contributed by atoms with van der Waals surface area (Å²) in [5.74, 6) is -3.17. The van der Waals surface area contributed by atoms with Crippen molar-refractivity contribution in [2.45, 2.75) is 25.7 Å². The lowest BCUT2D eigenvalue weighted by Crippen LogP contribution is -2.41. The number of carbonyl (C=O) groups excluding carboxylic acids is 1. The monoisotopic (exact) mass is 436 g/mol. The smallest absolute Gasteiger partial charge is 0.433 e. The van der Waals surface area contributed by atoms with Gasteiger partial charge in [-0.05, 0) is 30.7 Å². The van der Waals surface area contributed by atoms with E-state index in [9.17, 15) is 32.7 Å². The zero-order valence-corrected chi connectivity index (χ0v) is 15.8. The van der Waals surface area contributed by atoms with Gasteiger partial charge in [-0.1, -0.05) is 6.07 Å². The lowest BCUT2D eigenvalue weighted by Gasteiger charge is -2.15. The number of halogens is 3. The van der Waals surface area contributed by atoms with Gasteiger partial charge in [0.15, 0.2) is 0 Å². The number of pyridine rings is 3. The number of nitrogens with zero attached hydrogens (tertiary/aromatic N) is 3. The largest absolute Gasteiger partial charge is 0.506 e. The van der Waals surface area contributed by atoms with Crippen LogP contribution in [0.1, 0.15) is 28.5 Å². The third kappa shape index (κ3) is 4.32. The van der Waals surface area contributed by atoms with Gasteiger partial charge in [0.05, 0.1) is 11.9 Å². The van der Waals surface area contributed by atoms with Gasteiger partial charge in [0.2, 0.25) is 0 Å². The zero-order chi connectivity index (χ0) is 22.9. The molecular weight excluding hydrogens is 421 g/mol. The number of nitrogens with one attached hydrogen (secondary N) is 1. The topological polar surface area (TPSA) is 134 Å². The molecule has 3 aromatic rings. The Morgan fingerprint density at radius 1 is 1.23 bits per heavy atom. The quantitative estimate of drug-likeness (QED) is 0.555. The second kappa shape index (κ2) is 8.05. The summed E-state index contributed by atoms with van der Waals surface area (Å²) < 4.78 is 39.2. The Morgan fingerprint density at radius 3 is 2.52 bits per heavy atom. The molecule has 3 rings (SSSR count). The van der Waals surface area contributed by atoms with Crippen LogP contribution in [0.15, 0.2) is 41.5 Å². The summed E-state index contributed by atoms with van der Waals surface area (Å²) in [5.41, 5.74) is -2.64. The van der Waals surface area contributed by atoms with Crippen molar-refractivity contribution in [1.29, 1.82) is 0 Å². The molecule has 1 atom stereocenters. The highest BCUT2D eigenvalue weighted by Gasteiger charge is 2.32. The van der Waals surface area contributed by atoms with Gasteiger partial charge < -0.3 is 15.5 Å². The number of hydrogen-bond acceptors (Lipinski definition) is 6. The Hall–Kier alpha value is -3.96. The van der Waals surface area contributed by atoms with E-state index >= 15 is 0 Å². The van der Waals surface area contributed by atoms with Crippen LogP contribution in [0.25, 0.3) is 11.0 Å². The molecule has 9 nitrogen and oxygen atoms in total. The SMILES string of the molecule is C[C@H](NC(=O)c1c(O)c2cccnc2n(Cc2ccc(C(F)(F)F)nc2)c1=O)C(=O)O. The Morgan fingerprint density at radius 2 is 1.94 bits per heavy atom. The molecule has 162 valence electrons. The molecule has 0 saturated heterocycles. The van der Waals surface area contributed by atoms with E-state index in [4.69, 9.17) is 5.11 Å². The lowest BCUT2D eigenvalue weighted by atomic mass is 10.1. The summed E-state index contributed by atoms with van der Waals surface area (Å²) in [7, 11) is 0. The average Bonchev–Trinajstić information content (AvgIpc) is 2.70. The van der Waals surface area contributed by atoms with E-state index in [0.29, 0.717) is 0 Å². The van der Waals surface area contributed by atoms with Gasteiger partial charge in [-0.2, -0.15) is 13.2 Å². The Bertz CT molecular complexity index is 1220. The number of alkyl halides is 3. The fourth-order valence-electron chi connectivity index (χ4n) is 2.81. The van der Waals surface area contributed by atoms with Gasteiger partial charge in [0, 0.05) is 12.4 Å². The van der Waals surface area contributed by atoms with E-state index in [-0.39, 0.29) is 23.1 Å². The maximum Gasteiger partial charge on any atom is 0.433 e. The summed E-state index contributed by atoms with van der Waals surface area (Å²) in [6.07, 6.45) is -2.37. The fraction of sp³-hybridized carbons (Fsp3) is 0.211. The van der Waals surface area contributed by atoms with Crippen LogP contribution in [-0.4, -0.2) is 42.7 Å². The molecule has 0 aromatic carbocycles. The molecule has 3 heterocycles. The second-order valence-electron chi connectivity index (χ2n) is 6.57. The molecule has 0 fully saturated rings. The summed E-state index contributed by atoms with van der Waals surface area (Å²) in [5, 5.41) is 21.5. The van der Waals surface area contributed by atoms with Crippen LogP contribution < -0.4 is 10.9 Å². The van der Waals surface area contributed by atoms with Crippen molar-refractivity contribution in [1.82, 2.24) is 19.9 Å². The Labute approximate surface area is 171 Å². The summed E-state index contributed by atoms with van der Waals surface area (Å²) in [6, 6.07) is 3.35. The Kier molecular flexibility index (Phi) is 5.64. The molecule has 0 aliphatic carbocycles. The van der Waals surface area contributed by atoms with Crippen molar-refractivity contribution in [3.63, 3.8) is 0 Å². The number of rotatable bonds is 5. The van der Waals surface area contributed by atoms with Gasteiger partial charge in [0.25, 0.3) is 11.5 Å². The highest BCUT2D eigenvalue weighted by molar-refractivity contribution is 6.02. The van der Waals surface area contributed by atoms with Crippen LogP contribution in [0, 0.1) is 0 Å². The number of aromatic hydroxyl groups is 1. The molecule has 0 saturated carbocycles. The minimum atomic E-state index is -4.63. The molecule has 3 N–H and O–H groups in total. The van der Waals surface area contributed by atoms with Gasteiger partial charge in [-0.25, -0.2) is 4.98 Å². The van der Waals surface area contributed by atoms with Crippen LogP contribution in [0.5, 0.6) is 5.75 Å². The molecule has 31 heavy (non-hydrogen) atoms. The Balaban J connectivity index is 2.12. The third-order valence-electron chi connectivity index (χ3n) is 4.39. The first-order valence-electron chi connectivity index (χ1n) is 8.77. The number of amides is 1. The van der Waals surface area contributed by atoms with Crippen molar-refractivity contribution >= 4 is 22.9 Å². The molecule has 0 bridgehead atoms. The molecule has 3 aromatic heterocycles. The predicted octanol–water partition coefficient (Wildman–Crippen LogP) is 1.77. The number of carbonyl (C=O) groups is 2. The summed E-state index contributed by atoms with van der Waals surface area (Å²) in [6.45, 7) is 0.874. The maximum absolute atomic E-state index is 13.0. The number of fused-ring (bicyclic) bond motifs is 1. The van der Waals surface area contributed by atoms with Crippen molar-refractivity contribution in [2.24, 2.45) is 0 Å². The first-order valence-corrected chi connectivity index (χ1v) is 8.77. The van der Waals surface area contributed by atoms with Crippen LogP contribution >= 0.6 is 0 Å². The van der Waals surface area contributed by atoms with Crippen molar-refractivity contribution in [3.05, 3.63) is 63.8 Å². The first kappa shape index (κ1) is 21.7. The van der Waals surface area contributed by atoms with E-state index in [2.05, 4.69) is 15.3 Å². The molecule has 1 amide bonds. The van der Waals surface area contributed by atoms with Crippen molar-refractivity contribution < 1.29 is 33.0 Å². The highest BCUT2D eigenvalue weighted by atomic mass is 19.4. The van der Waals surface area contributed by atoms with E-state index in [1.807, 2.05) is 0 Å². The standard InChI is InChI=1S/C19H15F3N4O5/c1-9(18(30)31)25-16(28)13-14(27)11-3-2-6-23-15(11)26(17(13)29)8-10-4-5-12(24-7-10)19(20,21)22/h2-7,9,27H,8H2,1H3,(H,25,28)(H,30,31)/t9-/m0/s1. The zero-order valence-electron chi connectivity index (χ0n) is 15.8. The van der Waals surface area contributed by atoms with E-state index < -0.39 is 46.7 Å². The molecule has 0 unspecified atom stereocenters. The average molecular weight is 436 g/mol. The summed E-state index contributed by atoms with van der Waals surface area (Å²) in [4.78, 5) is 43.8. The second-order valence-corrected chi connectivity index (χ2v) is 6.57. The van der Waals surface area contributed by atoms with Gasteiger partial charge in [0.1, 0.15) is 28.7 Å². The maximum atomic E-state index is 13.0. The molecule has 0 aliphatic heterocycles. The number of carboxylic acid groups (broad SMARTS) is 1. The lowest BCUT2D eigenvalue weighted by molar-refractivity contribution is -0.141. The number of carboxylic acids is 1.